The Balaban J connectivity index is 2.32. The number of amides is 2. The summed E-state index contributed by atoms with van der Waals surface area (Å²) in [7, 11) is 0. The number of urea groups is 1. The van der Waals surface area contributed by atoms with E-state index in [2.05, 4.69) is 34.4 Å². The molecule has 0 bridgehead atoms. The highest BCUT2D eigenvalue weighted by atomic mass is 16.4. The van der Waals surface area contributed by atoms with Gasteiger partial charge in [-0.05, 0) is 31.9 Å². The molecule has 0 unspecified atom stereocenters. The number of carboxylic acids is 1. The Morgan fingerprint density at radius 2 is 1.95 bits per heavy atom. The number of hydrogen-bond donors (Lipinski definition) is 3. The lowest BCUT2D eigenvalue weighted by atomic mass is 10.2. The topological polar surface area (TPSA) is 94.6 Å². The van der Waals surface area contributed by atoms with Gasteiger partial charge in [-0.25, -0.2) is 9.78 Å². The molecule has 0 aliphatic rings. The molecule has 0 saturated heterocycles. The fraction of sp³-hybridized carbons (Fsp3) is 0.533. The van der Waals surface area contributed by atoms with Crippen molar-refractivity contribution < 1.29 is 14.7 Å². The lowest BCUT2D eigenvalue weighted by molar-refractivity contribution is -0.137. The van der Waals surface area contributed by atoms with Crippen LogP contribution in [0.5, 0.6) is 0 Å². The molecule has 122 valence electrons. The summed E-state index contributed by atoms with van der Waals surface area (Å²) in [4.78, 5) is 28.4. The van der Waals surface area contributed by atoms with Crippen LogP contribution in [0.2, 0.25) is 0 Å². The van der Waals surface area contributed by atoms with Crippen LogP contribution in [0.1, 0.15) is 32.3 Å². The predicted octanol–water partition coefficient (Wildman–Crippen LogP) is 1.59. The third kappa shape index (κ3) is 6.43. The van der Waals surface area contributed by atoms with Gasteiger partial charge < -0.3 is 20.6 Å². The van der Waals surface area contributed by atoms with Gasteiger partial charge in [0.2, 0.25) is 0 Å². The van der Waals surface area contributed by atoms with Gasteiger partial charge >= 0.3 is 12.0 Å². The molecule has 0 aromatic carbocycles. The number of anilines is 1. The second-order valence-corrected chi connectivity index (χ2v) is 4.80. The molecule has 22 heavy (non-hydrogen) atoms. The standard InChI is InChI=1S/C15H24N4O3/c1-3-19(4-2)13-8-7-12(10-17-13)11-18-15(22)16-9-5-6-14(20)21/h7-8,10H,3-6,9,11H2,1-2H3,(H,20,21)(H2,16,18,22). The average molecular weight is 308 g/mol. The van der Waals surface area contributed by atoms with Crippen LogP contribution in [-0.4, -0.2) is 41.7 Å². The second kappa shape index (κ2) is 9.59. The average Bonchev–Trinajstić information content (AvgIpc) is 2.52. The maximum atomic E-state index is 11.5. The number of nitrogens with one attached hydrogen (secondary N) is 2. The van der Waals surface area contributed by atoms with E-state index >= 15 is 0 Å². The molecule has 0 spiro atoms. The number of carbonyl (C=O) groups excluding carboxylic acids is 1. The van der Waals surface area contributed by atoms with E-state index in [4.69, 9.17) is 5.11 Å². The van der Waals surface area contributed by atoms with Crippen LogP contribution in [-0.2, 0) is 11.3 Å². The van der Waals surface area contributed by atoms with E-state index < -0.39 is 5.97 Å². The van der Waals surface area contributed by atoms with E-state index in [9.17, 15) is 9.59 Å². The van der Waals surface area contributed by atoms with Crippen LogP contribution in [0, 0.1) is 0 Å². The van der Waals surface area contributed by atoms with Crippen molar-refractivity contribution in [1.82, 2.24) is 15.6 Å². The van der Waals surface area contributed by atoms with Crippen LogP contribution in [0.3, 0.4) is 0 Å². The predicted molar refractivity (Wildman–Crippen MR) is 84.9 cm³/mol. The summed E-state index contributed by atoms with van der Waals surface area (Å²) in [6.45, 7) is 6.69. The van der Waals surface area contributed by atoms with Crippen molar-refractivity contribution in [2.75, 3.05) is 24.5 Å². The summed E-state index contributed by atoms with van der Waals surface area (Å²) in [6.07, 6.45) is 2.22. The Bertz CT molecular complexity index is 472. The van der Waals surface area contributed by atoms with Gasteiger partial charge in [0.05, 0.1) is 0 Å². The molecule has 1 aromatic heterocycles. The third-order valence-electron chi connectivity index (χ3n) is 3.20. The molecule has 0 fully saturated rings. The Morgan fingerprint density at radius 1 is 1.23 bits per heavy atom. The van der Waals surface area contributed by atoms with E-state index in [1.54, 1.807) is 6.20 Å². The Hall–Kier alpha value is -2.31. The van der Waals surface area contributed by atoms with Crippen LogP contribution in [0.15, 0.2) is 18.3 Å². The number of carbonyl (C=O) groups is 2. The molecule has 7 heteroatoms. The van der Waals surface area contributed by atoms with E-state index in [0.29, 0.717) is 19.5 Å². The van der Waals surface area contributed by atoms with E-state index in [0.717, 1.165) is 24.5 Å². The largest absolute Gasteiger partial charge is 0.481 e. The first-order valence-electron chi connectivity index (χ1n) is 7.50. The highest BCUT2D eigenvalue weighted by Crippen LogP contribution is 2.10. The van der Waals surface area contributed by atoms with Gasteiger partial charge in [-0.3, -0.25) is 4.79 Å². The molecule has 0 aliphatic carbocycles. The van der Waals surface area contributed by atoms with Crippen LogP contribution < -0.4 is 15.5 Å². The molecule has 1 rings (SSSR count). The van der Waals surface area contributed by atoms with Crippen molar-refractivity contribution in [3.8, 4) is 0 Å². The summed E-state index contributed by atoms with van der Waals surface area (Å²) in [5.74, 6) is 0.0634. The smallest absolute Gasteiger partial charge is 0.315 e. The van der Waals surface area contributed by atoms with E-state index in [1.807, 2.05) is 12.1 Å². The molecule has 3 N–H and O–H groups in total. The molecular formula is C15H24N4O3. The molecule has 2 amide bonds. The van der Waals surface area contributed by atoms with Gasteiger partial charge in [0, 0.05) is 38.8 Å². The van der Waals surface area contributed by atoms with Crippen LogP contribution >= 0.6 is 0 Å². The molecule has 1 heterocycles. The molecule has 7 nitrogen and oxygen atoms in total. The normalized spacial score (nSPS) is 10.1. The zero-order valence-electron chi connectivity index (χ0n) is 13.1. The van der Waals surface area contributed by atoms with E-state index in [-0.39, 0.29) is 12.5 Å². The first kappa shape index (κ1) is 17.7. The first-order valence-corrected chi connectivity index (χ1v) is 7.50. The van der Waals surface area contributed by atoms with Gasteiger partial charge in [0.25, 0.3) is 0 Å². The lowest BCUT2D eigenvalue weighted by Crippen LogP contribution is -2.35. The van der Waals surface area contributed by atoms with Gasteiger partial charge in [-0.1, -0.05) is 6.07 Å². The number of aromatic nitrogens is 1. The Kier molecular flexibility index (Phi) is 7.74. The maximum absolute atomic E-state index is 11.5. The van der Waals surface area contributed by atoms with Gasteiger partial charge in [0.1, 0.15) is 5.82 Å². The number of nitrogens with zero attached hydrogens (tertiary/aromatic N) is 2. The maximum Gasteiger partial charge on any atom is 0.315 e. The third-order valence-corrected chi connectivity index (χ3v) is 3.20. The first-order chi connectivity index (χ1) is 10.6. The number of pyridine rings is 1. The molecule has 0 radical (unpaired) electrons. The minimum absolute atomic E-state index is 0.0526. The molecule has 0 atom stereocenters. The number of aliphatic carboxylic acids is 1. The second-order valence-electron chi connectivity index (χ2n) is 4.80. The molecule has 0 saturated carbocycles. The monoisotopic (exact) mass is 308 g/mol. The Labute approximate surface area is 130 Å². The van der Waals surface area contributed by atoms with Crippen LogP contribution in [0.25, 0.3) is 0 Å². The number of rotatable bonds is 9. The molecular weight excluding hydrogens is 284 g/mol. The van der Waals surface area contributed by atoms with Crippen molar-refractivity contribution in [2.45, 2.75) is 33.2 Å². The molecule has 0 aliphatic heterocycles. The number of carboxylic acid groups (broad SMARTS) is 1. The van der Waals surface area contributed by atoms with Gasteiger partial charge in [0.15, 0.2) is 0 Å². The Morgan fingerprint density at radius 3 is 2.50 bits per heavy atom. The zero-order valence-corrected chi connectivity index (χ0v) is 13.1. The minimum atomic E-state index is -0.860. The van der Waals surface area contributed by atoms with Crippen molar-refractivity contribution in [2.24, 2.45) is 0 Å². The SMILES string of the molecule is CCN(CC)c1ccc(CNC(=O)NCCCC(=O)O)cn1. The minimum Gasteiger partial charge on any atom is -0.481 e. The zero-order chi connectivity index (χ0) is 16.4. The summed E-state index contributed by atoms with van der Waals surface area (Å²) in [5, 5.41) is 13.8. The van der Waals surface area contributed by atoms with Crippen molar-refractivity contribution in [3.63, 3.8) is 0 Å². The summed E-state index contributed by atoms with van der Waals surface area (Å²) >= 11 is 0. The van der Waals surface area contributed by atoms with E-state index in [1.165, 1.54) is 0 Å². The quantitative estimate of drug-likeness (QED) is 0.602. The number of hydrogen-bond acceptors (Lipinski definition) is 4. The fourth-order valence-corrected chi connectivity index (χ4v) is 1.94. The van der Waals surface area contributed by atoms with Gasteiger partial charge in [-0.15, -0.1) is 0 Å². The van der Waals surface area contributed by atoms with Crippen molar-refractivity contribution in [3.05, 3.63) is 23.9 Å². The van der Waals surface area contributed by atoms with Crippen LogP contribution in [0.4, 0.5) is 10.6 Å². The lowest BCUT2D eigenvalue weighted by Gasteiger charge is -2.19. The summed E-state index contributed by atoms with van der Waals surface area (Å²) in [5.41, 5.74) is 0.914. The summed E-state index contributed by atoms with van der Waals surface area (Å²) < 4.78 is 0. The highest BCUT2D eigenvalue weighted by Gasteiger charge is 2.04. The molecule has 1 aromatic rings. The fourth-order valence-electron chi connectivity index (χ4n) is 1.94. The van der Waals surface area contributed by atoms with Crippen molar-refractivity contribution >= 4 is 17.8 Å². The van der Waals surface area contributed by atoms with Gasteiger partial charge in [-0.2, -0.15) is 0 Å². The van der Waals surface area contributed by atoms with Crippen molar-refractivity contribution in [1.29, 1.82) is 0 Å². The highest BCUT2D eigenvalue weighted by molar-refractivity contribution is 5.73. The summed E-state index contributed by atoms with van der Waals surface area (Å²) in [6, 6.07) is 3.57.